The Morgan fingerprint density at radius 1 is 1.35 bits per heavy atom. The van der Waals surface area contributed by atoms with Crippen LogP contribution in [0.1, 0.15) is 32.3 Å². The molecule has 17 heavy (non-hydrogen) atoms. The van der Waals surface area contributed by atoms with E-state index in [4.69, 9.17) is 4.74 Å². The minimum absolute atomic E-state index is 0.431. The molecule has 0 N–H and O–H groups in total. The van der Waals surface area contributed by atoms with Gasteiger partial charge in [-0.1, -0.05) is 0 Å². The molecule has 1 nitrogen and oxygen atoms in total. The van der Waals surface area contributed by atoms with Crippen LogP contribution in [0.4, 0.5) is 0 Å². The predicted octanol–water partition coefficient (Wildman–Crippen LogP) is 3.17. The van der Waals surface area contributed by atoms with E-state index in [9.17, 15) is 0 Å². The van der Waals surface area contributed by atoms with Gasteiger partial charge in [0.05, 0.1) is 0 Å². The van der Waals surface area contributed by atoms with Crippen LogP contribution in [0.2, 0.25) is 0 Å². The van der Waals surface area contributed by atoms with Crippen molar-refractivity contribution in [2.75, 3.05) is 6.61 Å². The number of benzene rings is 1. The van der Waals surface area contributed by atoms with E-state index in [1.54, 1.807) is 0 Å². The van der Waals surface area contributed by atoms with Crippen molar-refractivity contribution in [3.05, 3.63) is 35.9 Å². The summed E-state index contributed by atoms with van der Waals surface area (Å²) in [6.07, 6.45) is 1.93. The first-order valence-electron chi connectivity index (χ1n) is 5.94. The fourth-order valence-electron chi connectivity index (χ4n) is 1.38. The van der Waals surface area contributed by atoms with Crippen LogP contribution < -0.4 is 0 Å². The molecule has 0 fully saturated rings. The zero-order valence-electron chi connectivity index (χ0n) is 10.4. The van der Waals surface area contributed by atoms with Crippen molar-refractivity contribution in [3.8, 4) is 11.8 Å². The zero-order valence-corrected chi connectivity index (χ0v) is 11.7. The third kappa shape index (κ3) is 5.85. The molecule has 0 spiro atoms. The summed E-state index contributed by atoms with van der Waals surface area (Å²) in [6.45, 7) is 4.88. The van der Waals surface area contributed by atoms with Crippen LogP contribution in [0.5, 0.6) is 0 Å². The standard InChI is InChI=1S/C15H18O.Cr/c1-3-16-13-14(2)9-7-8-12-15-10-5-4-6-11-15;/h4-6,10-11,14H,3,7,9H2,1-2H3;. The van der Waals surface area contributed by atoms with Crippen LogP contribution in [0.25, 0.3) is 0 Å². The van der Waals surface area contributed by atoms with E-state index in [2.05, 4.69) is 34.6 Å². The summed E-state index contributed by atoms with van der Waals surface area (Å²) in [5.41, 5.74) is 1.08. The second-order valence-electron chi connectivity index (χ2n) is 3.86. The van der Waals surface area contributed by atoms with Crippen LogP contribution in [0, 0.1) is 17.8 Å². The number of hydrogen-bond donors (Lipinski definition) is 0. The van der Waals surface area contributed by atoms with Gasteiger partial charge < -0.3 is 0 Å². The van der Waals surface area contributed by atoms with Crippen LogP contribution in [-0.2, 0) is 20.6 Å². The molecule has 0 radical (unpaired) electrons. The quantitative estimate of drug-likeness (QED) is 0.744. The molecule has 0 saturated carbocycles. The zero-order chi connectivity index (χ0) is 12.5. The molecule has 0 aliphatic heterocycles. The summed E-state index contributed by atoms with van der Waals surface area (Å²) in [7, 11) is 0. The first-order chi connectivity index (χ1) is 8.24. The Kier molecular flexibility index (Phi) is 6.91. The average Bonchev–Trinajstić information content (AvgIpc) is 2.36. The van der Waals surface area contributed by atoms with Crippen molar-refractivity contribution in [1.29, 1.82) is 0 Å². The third-order valence-corrected chi connectivity index (χ3v) is 3.21. The van der Waals surface area contributed by atoms with Crippen molar-refractivity contribution in [1.82, 2.24) is 0 Å². The van der Waals surface area contributed by atoms with Crippen molar-refractivity contribution < 1.29 is 20.6 Å². The first kappa shape index (κ1) is 14.2. The molecule has 2 heteroatoms. The van der Waals surface area contributed by atoms with E-state index < -0.39 is 0 Å². The Hall–Kier alpha value is -0.858. The molecule has 1 atom stereocenters. The first-order valence-corrected chi connectivity index (χ1v) is 6.58. The van der Waals surface area contributed by atoms with E-state index in [0.717, 1.165) is 29.6 Å². The van der Waals surface area contributed by atoms with Crippen LogP contribution in [0.15, 0.2) is 30.3 Å². The molecule has 0 aromatic heterocycles. The van der Waals surface area contributed by atoms with E-state index in [0.29, 0.717) is 5.92 Å². The number of ether oxygens (including phenoxy) is 1. The molecule has 0 amide bonds. The van der Waals surface area contributed by atoms with Gasteiger partial charge in [0.15, 0.2) is 0 Å². The molecule has 0 aliphatic rings. The van der Waals surface area contributed by atoms with E-state index >= 15 is 0 Å². The molecule has 0 heterocycles. The molecular weight excluding hydrogens is 248 g/mol. The van der Waals surface area contributed by atoms with Gasteiger partial charge in [0.1, 0.15) is 0 Å². The summed E-state index contributed by atoms with van der Waals surface area (Å²) in [5.74, 6) is 6.79. The van der Waals surface area contributed by atoms with Gasteiger partial charge in [-0.05, 0) is 0 Å². The monoisotopic (exact) mass is 266 g/mol. The fraction of sp³-hybridized carbons (Fsp3) is 0.400. The summed E-state index contributed by atoms with van der Waals surface area (Å²) >= 11 is 2.98. The summed E-state index contributed by atoms with van der Waals surface area (Å²) in [4.78, 5) is 0. The van der Waals surface area contributed by atoms with Gasteiger partial charge in [-0.2, -0.15) is 0 Å². The Balaban J connectivity index is 2.33. The topological polar surface area (TPSA) is 9.23 Å². The summed E-state index contributed by atoms with van der Waals surface area (Å²) in [6, 6.07) is 10.1. The van der Waals surface area contributed by atoms with Gasteiger partial charge in [0.25, 0.3) is 0 Å². The van der Waals surface area contributed by atoms with Gasteiger partial charge in [-0.15, -0.1) is 0 Å². The third-order valence-electron chi connectivity index (χ3n) is 2.40. The Morgan fingerprint density at radius 3 is 2.71 bits per heavy atom. The molecule has 0 bridgehead atoms. The second kappa shape index (κ2) is 8.27. The summed E-state index contributed by atoms with van der Waals surface area (Å²) in [5, 5.41) is 0. The van der Waals surface area contributed by atoms with Gasteiger partial charge in [-0.25, -0.2) is 0 Å². The Bertz CT molecular complexity index is 400. The molecule has 90 valence electrons. The van der Waals surface area contributed by atoms with E-state index in [1.165, 1.54) is 0 Å². The fourth-order valence-corrected chi connectivity index (χ4v) is 1.75. The molecule has 0 saturated heterocycles. The maximum absolute atomic E-state index is 5.43. The van der Waals surface area contributed by atoms with E-state index in [1.807, 2.05) is 37.3 Å². The van der Waals surface area contributed by atoms with Crippen molar-refractivity contribution in [2.24, 2.45) is 5.92 Å². The second-order valence-corrected chi connectivity index (χ2v) is 4.49. The molecule has 1 aromatic rings. The normalized spacial score (nSPS) is 11.4. The SMILES string of the molecule is CCO[C](=[Cr])C(C)CCC#Cc1ccccc1. The number of hydrogen-bond acceptors (Lipinski definition) is 1. The van der Waals surface area contributed by atoms with Crippen molar-refractivity contribution >= 4 is 4.57 Å². The van der Waals surface area contributed by atoms with Gasteiger partial charge in [-0.3, -0.25) is 0 Å². The van der Waals surface area contributed by atoms with Crippen molar-refractivity contribution in [3.63, 3.8) is 0 Å². The average molecular weight is 266 g/mol. The van der Waals surface area contributed by atoms with Gasteiger partial charge >= 0.3 is 112 Å². The van der Waals surface area contributed by atoms with Crippen LogP contribution in [-0.4, -0.2) is 11.2 Å². The molecule has 1 unspecified atom stereocenters. The predicted molar refractivity (Wildman–Crippen MR) is 68.4 cm³/mol. The maximum atomic E-state index is 5.43. The molecule has 1 rings (SSSR count). The Morgan fingerprint density at radius 2 is 2.06 bits per heavy atom. The summed E-state index contributed by atoms with van der Waals surface area (Å²) < 4.78 is 6.43. The van der Waals surface area contributed by atoms with Gasteiger partial charge in [0.2, 0.25) is 0 Å². The van der Waals surface area contributed by atoms with Crippen LogP contribution in [0.3, 0.4) is 0 Å². The van der Waals surface area contributed by atoms with Crippen molar-refractivity contribution in [2.45, 2.75) is 26.7 Å². The molecular formula is C15H18CrO. The van der Waals surface area contributed by atoms with Crippen LogP contribution >= 0.6 is 0 Å². The number of rotatable bonds is 5. The minimum atomic E-state index is 0.431. The van der Waals surface area contributed by atoms with Gasteiger partial charge in [0, 0.05) is 0 Å². The molecule has 1 aromatic carbocycles. The Labute approximate surface area is 112 Å². The molecule has 0 aliphatic carbocycles. The van der Waals surface area contributed by atoms with E-state index in [-0.39, 0.29) is 0 Å².